The number of hydrogen-bond acceptors (Lipinski definition) is 8. The fraction of sp³-hybridized carbons (Fsp3) is 0.429. The zero-order valence-electron chi connectivity index (χ0n) is 26.8. The lowest BCUT2D eigenvalue weighted by Gasteiger charge is -2.34. The minimum Gasteiger partial charge on any atom is -0.462 e. The van der Waals surface area contributed by atoms with Gasteiger partial charge in [-0.05, 0) is 51.7 Å². The van der Waals surface area contributed by atoms with Crippen molar-refractivity contribution >= 4 is 45.4 Å². The Morgan fingerprint density at radius 1 is 1.20 bits per heavy atom. The van der Waals surface area contributed by atoms with Crippen LogP contribution in [0.5, 0.6) is 6.01 Å². The average molecular weight is 651 g/mol. The zero-order valence-corrected chi connectivity index (χ0v) is 27.6. The fourth-order valence-electron chi connectivity index (χ4n) is 5.67. The van der Waals surface area contributed by atoms with Crippen molar-refractivity contribution in [2.75, 3.05) is 44.7 Å². The predicted octanol–water partition coefficient (Wildman–Crippen LogP) is 6.67. The molecule has 2 aliphatic heterocycles. The third-order valence-corrected chi connectivity index (χ3v) is 8.36. The first-order valence-corrected chi connectivity index (χ1v) is 16.0. The number of carbonyl (C=O) groups excluding carboxylic acids is 1. The molecule has 0 radical (unpaired) electrons. The van der Waals surface area contributed by atoms with Gasteiger partial charge in [-0.3, -0.25) is 4.98 Å². The van der Waals surface area contributed by atoms with Gasteiger partial charge >= 0.3 is 6.01 Å². The van der Waals surface area contributed by atoms with Gasteiger partial charge in [-0.25, -0.2) is 8.78 Å². The topological polar surface area (TPSA) is 83.5 Å². The van der Waals surface area contributed by atoms with Crippen molar-refractivity contribution in [3.8, 4) is 29.6 Å². The Hall–Kier alpha value is -3.91. The van der Waals surface area contributed by atoms with Crippen LogP contribution in [0.25, 0.3) is 32.9 Å². The second-order valence-corrected chi connectivity index (χ2v) is 11.8. The number of pyridine rings is 1. The molecular formula is C35H41ClF2N6O2. The van der Waals surface area contributed by atoms with Crippen LogP contribution >= 0.6 is 11.6 Å². The number of likely N-dealkylation sites (N-methyl/N-ethyl adjacent to an activating group) is 1. The van der Waals surface area contributed by atoms with Crippen LogP contribution in [0.15, 0.2) is 36.5 Å². The molecule has 2 fully saturated rings. The highest BCUT2D eigenvalue weighted by molar-refractivity contribution is 6.36. The number of ether oxygens (including phenoxy) is 1. The third-order valence-electron chi connectivity index (χ3n) is 8.00. The Kier molecular flexibility index (Phi) is 12.6. The molecule has 0 aliphatic carbocycles. The van der Waals surface area contributed by atoms with E-state index in [-0.39, 0.29) is 34.3 Å². The summed E-state index contributed by atoms with van der Waals surface area (Å²) < 4.78 is 36.9. The van der Waals surface area contributed by atoms with Crippen LogP contribution in [0.1, 0.15) is 46.5 Å². The Labute approximate surface area is 274 Å². The van der Waals surface area contributed by atoms with E-state index in [1.807, 2.05) is 13.0 Å². The number of likely N-dealkylation sites (tertiary alicyclic amines) is 1. The monoisotopic (exact) mass is 650 g/mol. The molecule has 4 heterocycles. The lowest BCUT2D eigenvalue weighted by atomic mass is 10.0. The van der Waals surface area contributed by atoms with E-state index in [2.05, 4.69) is 51.4 Å². The molecule has 8 nitrogen and oxygen atoms in total. The van der Waals surface area contributed by atoms with Crippen molar-refractivity contribution in [3.63, 3.8) is 0 Å². The van der Waals surface area contributed by atoms with E-state index in [0.717, 1.165) is 32.2 Å². The lowest BCUT2D eigenvalue weighted by Crippen LogP contribution is -2.49. The van der Waals surface area contributed by atoms with Gasteiger partial charge < -0.3 is 24.6 Å². The minimum absolute atomic E-state index is 0.0527. The maximum Gasteiger partial charge on any atom is 0.319 e. The highest BCUT2D eigenvalue weighted by Crippen LogP contribution is 2.38. The van der Waals surface area contributed by atoms with Gasteiger partial charge in [-0.2, -0.15) is 9.97 Å². The molecular weight excluding hydrogens is 610 g/mol. The molecule has 2 aromatic heterocycles. The number of aldehydes is 1. The first kappa shape index (κ1) is 35.0. The van der Waals surface area contributed by atoms with E-state index >= 15 is 4.39 Å². The van der Waals surface area contributed by atoms with E-state index in [1.165, 1.54) is 12.5 Å². The first-order chi connectivity index (χ1) is 22.2. The predicted molar refractivity (Wildman–Crippen MR) is 182 cm³/mol. The number of nitrogens with one attached hydrogen (secondary N) is 1. The molecule has 0 bridgehead atoms. The highest BCUT2D eigenvalue weighted by Gasteiger charge is 2.26. The Balaban J connectivity index is 0.000000628. The number of piperazine rings is 1. The summed E-state index contributed by atoms with van der Waals surface area (Å²) in [5.74, 6) is 1.66. The van der Waals surface area contributed by atoms with Crippen molar-refractivity contribution in [2.24, 2.45) is 0 Å². The molecule has 0 amide bonds. The molecule has 2 atom stereocenters. The minimum atomic E-state index is -0.619. The van der Waals surface area contributed by atoms with Crippen LogP contribution in [-0.4, -0.2) is 78.1 Å². The number of terminal acetylenes is 1. The van der Waals surface area contributed by atoms with Gasteiger partial charge in [0.05, 0.1) is 10.4 Å². The Morgan fingerprint density at radius 3 is 2.65 bits per heavy atom. The van der Waals surface area contributed by atoms with Crippen LogP contribution in [-0.2, 0) is 4.79 Å². The molecule has 2 aliphatic rings. The first-order valence-electron chi connectivity index (χ1n) is 15.6. The molecule has 0 spiro atoms. The molecule has 4 aromatic rings. The molecule has 1 unspecified atom stereocenters. The number of nitrogens with zero attached hydrogens (tertiary/aromatic N) is 5. The van der Waals surface area contributed by atoms with Crippen LogP contribution in [0.4, 0.5) is 14.6 Å². The van der Waals surface area contributed by atoms with Crippen LogP contribution in [0, 0.1) is 24.0 Å². The number of benzene rings is 2. The second-order valence-electron chi connectivity index (χ2n) is 11.4. The summed E-state index contributed by atoms with van der Waals surface area (Å²) in [6, 6.07) is 8.85. The van der Waals surface area contributed by atoms with E-state index < -0.39 is 11.6 Å². The smallest absolute Gasteiger partial charge is 0.319 e. The molecule has 0 saturated carbocycles. The molecule has 1 N–H and O–H groups in total. The number of fused-ring (bicyclic) bond motifs is 2. The standard InChI is InChI=1S/C29H31ClF2N6O.C3H6O.C3H4/c1-17-15-38(13-11-33-17)28-21-14-34-26(20-8-5-6-18-9-10-22(31)24(30)23(18)20)25(32)27(21)35-29(36-28)39-16-19-7-3-4-12-37(19)2;1-2-3-4;1-3-2/h5-6,8-10,14,17,19,33H,3-4,7,11-13,15-16H2,1-2H3;3H,2H2,1H3;1H,2H3/t17?,19-;;/m0../s1. The highest BCUT2D eigenvalue weighted by atomic mass is 35.5. The number of halogens is 3. The Morgan fingerprint density at radius 2 is 1.96 bits per heavy atom. The third kappa shape index (κ3) is 8.08. The van der Waals surface area contributed by atoms with E-state index in [1.54, 1.807) is 31.3 Å². The molecule has 244 valence electrons. The summed E-state index contributed by atoms with van der Waals surface area (Å²) in [5, 5.41) is 4.97. The number of piperidine rings is 1. The van der Waals surface area contributed by atoms with Crippen LogP contribution < -0.4 is 15.0 Å². The van der Waals surface area contributed by atoms with Gasteiger partial charge in [0.15, 0.2) is 5.82 Å². The van der Waals surface area contributed by atoms with Crippen LogP contribution in [0.3, 0.4) is 0 Å². The Bertz CT molecular complexity index is 1700. The maximum atomic E-state index is 16.4. The van der Waals surface area contributed by atoms with Gasteiger partial charge in [0.25, 0.3) is 0 Å². The van der Waals surface area contributed by atoms with Crippen molar-refractivity contribution in [1.82, 2.24) is 25.2 Å². The number of hydrogen-bond donors (Lipinski definition) is 1. The summed E-state index contributed by atoms with van der Waals surface area (Å²) in [4.78, 5) is 27.4. The number of anilines is 1. The van der Waals surface area contributed by atoms with Gasteiger partial charge in [0.2, 0.25) is 0 Å². The summed E-state index contributed by atoms with van der Waals surface area (Å²) >= 11 is 6.36. The second kappa shape index (κ2) is 16.6. The van der Waals surface area contributed by atoms with Gasteiger partial charge in [0.1, 0.15) is 35.7 Å². The van der Waals surface area contributed by atoms with Gasteiger partial charge in [-0.15, -0.1) is 12.3 Å². The van der Waals surface area contributed by atoms with E-state index in [9.17, 15) is 9.18 Å². The summed E-state index contributed by atoms with van der Waals surface area (Å²) in [5.41, 5.74) is 0.572. The van der Waals surface area contributed by atoms with Crippen molar-refractivity contribution in [2.45, 2.75) is 58.5 Å². The maximum absolute atomic E-state index is 16.4. The summed E-state index contributed by atoms with van der Waals surface area (Å²) in [7, 11) is 2.09. The number of rotatable bonds is 6. The van der Waals surface area contributed by atoms with E-state index in [0.29, 0.717) is 53.7 Å². The lowest BCUT2D eigenvalue weighted by molar-refractivity contribution is -0.107. The molecule has 2 aromatic carbocycles. The zero-order chi connectivity index (χ0) is 33.2. The van der Waals surface area contributed by atoms with Gasteiger partial charge in [0, 0.05) is 55.3 Å². The van der Waals surface area contributed by atoms with Crippen molar-refractivity contribution in [3.05, 3.63) is 53.2 Å². The SMILES string of the molecule is C#CC.CC1CN(c2nc(OC[C@@H]3CCCCN3C)nc3c(F)c(-c4cccc5ccc(F)c(Cl)c45)ncc23)CCN1.CCC=O. The van der Waals surface area contributed by atoms with Gasteiger partial charge in [-0.1, -0.05) is 49.2 Å². The van der Waals surface area contributed by atoms with Crippen LogP contribution in [0.2, 0.25) is 5.02 Å². The summed E-state index contributed by atoms with van der Waals surface area (Å²) in [6.45, 7) is 9.22. The average Bonchev–Trinajstić information content (AvgIpc) is 3.06. The normalized spacial score (nSPS) is 18.2. The quantitative estimate of drug-likeness (QED) is 0.183. The van der Waals surface area contributed by atoms with Crippen molar-refractivity contribution in [1.29, 1.82) is 0 Å². The van der Waals surface area contributed by atoms with E-state index in [4.69, 9.17) is 21.3 Å². The number of aromatic nitrogens is 3. The molecule has 46 heavy (non-hydrogen) atoms. The fourth-order valence-corrected chi connectivity index (χ4v) is 5.95. The molecule has 2 saturated heterocycles. The molecule has 11 heteroatoms. The largest absolute Gasteiger partial charge is 0.462 e. The van der Waals surface area contributed by atoms with Crippen molar-refractivity contribution < 1.29 is 18.3 Å². The number of carbonyl (C=O) groups is 1. The molecule has 6 rings (SSSR count). The summed E-state index contributed by atoms with van der Waals surface area (Å²) in [6.07, 6.45) is 11.1.